The van der Waals surface area contributed by atoms with Gasteiger partial charge in [-0.05, 0) is 50.4 Å². The van der Waals surface area contributed by atoms with E-state index in [0.717, 1.165) is 38.0 Å². The maximum Gasteiger partial charge on any atom is 0.220 e. The van der Waals surface area contributed by atoms with Crippen LogP contribution in [0.2, 0.25) is 0 Å². The van der Waals surface area contributed by atoms with Crippen LogP contribution in [0.25, 0.3) is 0 Å². The Hall–Kier alpha value is -0.570. The fraction of sp³-hybridized carbons (Fsp3) is 0.938. The van der Waals surface area contributed by atoms with Gasteiger partial charge in [0.2, 0.25) is 5.91 Å². The zero-order chi connectivity index (χ0) is 13.5. The minimum Gasteiger partial charge on any atom is -0.396 e. The number of hydrogen-bond donors (Lipinski definition) is 2. The molecule has 0 aromatic rings. The van der Waals surface area contributed by atoms with Gasteiger partial charge in [-0.15, -0.1) is 0 Å². The number of carbonyl (C=O) groups excluding carboxylic acids is 1. The van der Waals surface area contributed by atoms with Gasteiger partial charge in [-0.1, -0.05) is 25.7 Å². The lowest BCUT2D eigenvalue weighted by molar-refractivity contribution is -0.122. The summed E-state index contributed by atoms with van der Waals surface area (Å²) in [7, 11) is 0. The third-order valence-electron chi connectivity index (χ3n) is 4.96. The molecule has 0 heterocycles. The van der Waals surface area contributed by atoms with Crippen molar-refractivity contribution in [3.63, 3.8) is 0 Å². The molecule has 3 heteroatoms. The van der Waals surface area contributed by atoms with Crippen LogP contribution < -0.4 is 5.32 Å². The van der Waals surface area contributed by atoms with Crippen molar-refractivity contribution in [2.24, 2.45) is 11.8 Å². The van der Waals surface area contributed by atoms with Crippen molar-refractivity contribution < 1.29 is 9.90 Å². The first-order valence-corrected chi connectivity index (χ1v) is 8.18. The molecule has 2 saturated carbocycles. The lowest BCUT2D eigenvalue weighted by Gasteiger charge is -2.28. The minimum atomic E-state index is 0.241. The number of nitrogens with one attached hydrogen (secondary N) is 1. The van der Waals surface area contributed by atoms with Crippen LogP contribution in [0.3, 0.4) is 0 Å². The Balaban J connectivity index is 1.54. The average molecular weight is 267 g/mol. The molecule has 0 atom stereocenters. The summed E-state index contributed by atoms with van der Waals surface area (Å²) in [5, 5.41) is 12.3. The zero-order valence-corrected chi connectivity index (χ0v) is 12.1. The van der Waals surface area contributed by atoms with Crippen molar-refractivity contribution >= 4 is 5.91 Å². The highest BCUT2D eigenvalue weighted by Crippen LogP contribution is 2.29. The molecule has 0 saturated heterocycles. The summed E-state index contributed by atoms with van der Waals surface area (Å²) in [6.45, 7) is 0.308. The van der Waals surface area contributed by atoms with Crippen molar-refractivity contribution in [1.82, 2.24) is 5.32 Å². The molecule has 0 aromatic carbocycles. The van der Waals surface area contributed by atoms with Crippen molar-refractivity contribution in [1.29, 1.82) is 0 Å². The minimum absolute atomic E-state index is 0.241. The summed E-state index contributed by atoms with van der Waals surface area (Å²) in [5.41, 5.74) is 0. The van der Waals surface area contributed by atoms with Crippen LogP contribution in [-0.4, -0.2) is 23.7 Å². The van der Waals surface area contributed by atoms with Gasteiger partial charge in [0.15, 0.2) is 0 Å². The van der Waals surface area contributed by atoms with Crippen molar-refractivity contribution in [3.05, 3.63) is 0 Å². The second kappa shape index (κ2) is 7.88. The summed E-state index contributed by atoms with van der Waals surface area (Å²) in [5.74, 6) is 1.61. The smallest absolute Gasteiger partial charge is 0.220 e. The molecule has 0 unspecified atom stereocenters. The third kappa shape index (κ3) is 5.13. The first-order chi connectivity index (χ1) is 9.28. The van der Waals surface area contributed by atoms with E-state index in [2.05, 4.69) is 5.32 Å². The Morgan fingerprint density at radius 1 is 1.00 bits per heavy atom. The fourth-order valence-electron chi connectivity index (χ4n) is 3.64. The molecule has 2 aliphatic rings. The van der Waals surface area contributed by atoms with Crippen LogP contribution in [0, 0.1) is 11.8 Å². The summed E-state index contributed by atoms with van der Waals surface area (Å²) < 4.78 is 0. The predicted octanol–water partition coefficient (Wildman–Crippen LogP) is 3.01. The Kier molecular flexibility index (Phi) is 6.15. The van der Waals surface area contributed by atoms with Crippen LogP contribution in [-0.2, 0) is 4.79 Å². The molecule has 3 nitrogen and oxygen atoms in total. The molecule has 0 radical (unpaired) electrons. The van der Waals surface area contributed by atoms with E-state index < -0.39 is 0 Å². The Morgan fingerprint density at radius 3 is 2.32 bits per heavy atom. The molecule has 0 spiro atoms. The van der Waals surface area contributed by atoms with Crippen LogP contribution in [0.1, 0.15) is 70.6 Å². The molecule has 2 fully saturated rings. The highest BCUT2D eigenvalue weighted by Gasteiger charge is 2.22. The molecular weight excluding hydrogens is 238 g/mol. The predicted molar refractivity (Wildman–Crippen MR) is 76.8 cm³/mol. The van der Waals surface area contributed by atoms with Crippen LogP contribution in [0.4, 0.5) is 0 Å². The number of rotatable bonds is 6. The molecule has 0 aliphatic heterocycles. The van der Waals surface area contributed by atoms with E-state index in [9.17, 15) is 4.79 Å². The fourth-order valence-corrected chi connectivity index (χ4v) is 3.64. The highest BCUT2D eigenvalue weighted by atomic mass is 16.3. The number of aliphatic hydroxyl groups is 1. The second-order valence-corrected chi connectivity index (χ2v) is 6.51. The van der Waals surface area contributed by atoms with E-state index in [4.69, 9.17) is 5.11 Å². The second-order valence-electron chi connectivity index (χ2n) is 6.51. The highest BCUT2D eigenvalue weighted by molar-refractivity contribution is 5.76. The van der Waals surface area contributed by atoms with Crippen molar-refractivity contribution in [2.75, 3.05) is 6.61 Å². The van der Waals surface area contributed by atoms with Crippen molar-refractivity contribution in [3.8, 4) is 0 Å². The third-order valence-corrected chi connectivity index (χ3v) is 4.96. The van der Waals surface area contributed by atoms with Gasteiger partial charge >= 0.3 is 0 Å². The average Bonchev–Trinajstić information content (AvgIpc) is 2.93. The maximum absolute atomic E-state index is 11.9. The van der Waals surface area contributed by atoms with Gasteiger partial charge in [-0.2, -0.15) is 0 Å². The molecule has 0 aromatic heterocycles. The molecule has 19 heavy (non-hydrogen) atoms. The first kappa shape index (κ1) is 14.8. The molecule has 2 aliphatic carbocycles. The quantitative estimate of drug-likeness (QED) is 0.777. The number of carbonyl (C=O) groups is 1. The largest absolute Gasteiger partial charge is 0.396 e. The van der Waals surface area contributed by atoms with Crippen molar-refractivity contribution in [2.45, 2.75) is 76.7 Å². The maximum atomic E-state index is 11.9. The van der Waals surface area contributed by atoms with E-state index in [1.165, 1.54) is 32.1 Å². The van der Waals surface area contributed by atoms with E-state index in [-0.39, 0.29) is 5.91 Å². The molecular formula is C16H29NO2. The van der Waals surface area contributed by atoms with Crippen LogP contribution in [0.5, 0.6) is 0 Å². The summed E-state index contributed by atoms with van der Waals surface area (Å²) in [6.07, 6.45) is 12.8. The first-order valence-electron chi connectivity index (χ1n) is 8.18. The number of aliphatic hydroxyl groups excluding tert-OH is 1. The normalized spacial score (nSPS) is 28.5. The zero-order valence-electron chi connectivity index (χ0n) is 12.1. The van der Waals surface area contributed by atoms with E-state index in [1.54, 1.807) is 0 Å². The van der Waals surface area contributed by atoms with Gasteiger partial charge in [0, 0.05) is 19.1 Å². The summed E-state index contributed by atoms with van der Waals surface area (Å²) >= 11 is 0. The van der Waals surface area contributed by atoms with E-state index in [1.807, 2.05) is 0 Å². The molecule has 2 N–H and O–H groups in total. The summed E-state index contributed by atoms with van der Waals surface area (Å²) in [4.78, 5) is 11.9. The van der Waals surface area contributed by atoms with Gasteiger partial charge in [0.05, 0.1) is 0 Å². The lowest BCUT2D eigenvalue weighted by atomic mass is 9.86. The monoisotopic (exact) mass is 267 g/mol. The summed E-state index contributed by atoms with van der Waals surface area (Å²) in [6, 6.07) is 0.363. The van der Waals surface area contributed by atoms with E-state index in [0.29, 0.717) is 25.0 Å². The number of amides is 1. The van der Waals surface area contributed by atoms with Gasteiger partial charge in [0.1, 0.15) is 0 Å². The lowest BCUT2D eigenvalue weighted by Crippen LogP contribution is -2.37. The van der Waals surface area contributed by atoms with E-state index >= 15 is 0 Å². The molecule has 2 rings (SSSR count). The van der Waals surface area contributed by atoms with Gasteiger partial charge < -0.3 is 10.4 Å². The standard InChI is InChI=1S/C16H29NO2/c18-12-14-8-10-15(11-9-14)17-16(19)7-3-6-13-4-1-2-5-13/h13-15,18H,1-12H2,(H,17,19). The van der Waals surface area contributed by atoms with Crippen LogP contribution >= 0.6 is 0 Å². The van der Waals surface area contributed by atoms with Gasteiger partial charge in [-0.3, -0.25) is 4.79 Å². The van der Waals surface area contributed by atoms with Gasteiger partial charge in [0.25, 0.3) is 0 Å². The Labute approximate surface area is 117 Å². The molecule has 110 valence electrons. The topological polar surface area (TPSA) is 49.3 Å². The Bertz CT molecular complexity index is 266. The number of hydrogen-bond acceptors (Lipinski definition) is 2. The molecule has 0 bridgehead atoms. The Morgan fingerprint density at radius 2 is 1.68 bits per heavy atom. The van der Waals surface area contributed by atoms with Gasteiger partial charge in [-0.25, -0.2) is 0 Å². The van der Waals surface area contributed by atoms with Crippen LogP contribution in [0.15, 0.2) is 0 Å². The SMILES string of the molecule is O=C(CCCC1CCCC1)NC1CCC(CO)CC1. The molecule has 1 amide bonds.